The van der Waals surface area contributed by atoms with Gasteiger partial charge in [-0.05, 0) is 48.4 Å². The molecule has 0 aliphatic rings. The van der Waals surface area contributed by atoms with Crippen LogP contribution in [0.25, 0.3) is 22.3 Å². The molecule has 4 aromatic rings. The summed E-state index contributed by atoms with van der Waals surface area (Å²) in [5.41, 5.74) is -0.227. The minimum absolute atomic E-state index is 0.0689. The molecule has 2 aromatic heterocycles. The zero-order valence-electron chi connectivity index (χ0n) is 16.2. The molecule has 0 amide bonds. The van der Waals surface area contributed by atoms with Gasteiger partial charge in [-0.1, -0.05) is 35.3 Å². The SMILES string of the molecule is Cc1cc2[nH]c(=O)c(=O)[nH]c2nc1S(=O)(=O)Nc1ccc(-c2ccc(F)c(Cl)c2)c(Cl)c1. The molecule has 0 atom stereocenters. The maximum atomic E-state index is 13.4. The lowest BCUT2D eigenvalue weighted by Gasteiger charge is -2.12. The zero-order chi connectivity index (χ0) is 23.2. The van der Waals surface area contributed by atoms with Crippen LogP contribution in [-0.2, 0) is 10.0 Å². The molecule has 0 aliphatic heterocycles. The molecule has 4 rings (SSSR count). The highest BCUT2D eigenvalue weighted by Crippen LogP contribution is 2.33. The molecule has 0 unspecified atom stereocenters. The fourth-order valence-electron chi connectivity index (χ4n) is 3.08. The number of nitrogens with zero attached hydrogens (tertiary/aromatic N) is 1. The fourth-order valence-corrected chi connectivity index (χ4v) is 4.78. The summed E-state index contributed by atoms with van der Waals surface area (Å²) in [6, 6.07) is 9.94. The van der Waals surface area contributed by atoms with Crippen LogP contribution >= 0.6 is 23.2 Å². The first-order valence-electron chi connectivity index (χ1n) is 8.97. The van der Waals surface area contributed by atoms with E-state index in [0.29, 0.717) is 11.1 Å². The number of aromatic amines is 2. The van der Waals surface area contributed by atoms with Gasteiger partial charge in [-0.3, -0.25) is 14.3 Å². The Kier molecular flexibility index (Phi) is 5.53. The number of pyridine rings is 1. The number of aryl methyl sites for hydroxylation is 1. The minimum Gasteiger partial charge on any atom is -0.315 e. The van der Waals surface area contributed by atoms with Gasteiger partial charge in [0.05, 0.1) is 21.2 Å². The third kappa shape index (κ3) is 4.12. The van der Waals surface area contributed by atoms with Crippen LogP contribution in [0.4, 0.5) is 10.1 Å². The molecule has 12 heteroatoms. The molecular weight excluding hydrogens is 482 g/mol. The summed E-state index contributed by atoms with van der Waals surface area (Å²) in [5.74, 6) is -0.570. The molecule has 32 heavy (non-hydrogen) atoms. The molecule has 0 aliphatic carbocycles. The topological polar surface area (TPSA) is 125 Å². The van der Waals surface area contributed by atoms with Crippen molar-refractivity contribution in [1.29, 1.82) is 0 Å². The number of sulfonamides is 1. The third-order valence-electron chi connectivity index (χ3n) is 4.56. The van der Waals surface area contributed by atoms with Crippen molar-refractivity contribution in [3.8, 4) is 11.1 Å². The van der Waals surface area contributed by atoms with Crippen molar-refractivity contribution in [2.45, 2.75) is 11.9 Å². The van der Waals surface area contributed by atoms with Gasteiger partial charge in [0, 0.05) is 5.56 Å². The lowest BCUT2D eigenvalue weighted by Crippen LogP contribution is -2.29. The van der Waals surface area contributed by atoms with Crippen LogP contribution in [0.15, 0.2) is 57.1 Å². The van der Waals surface area contributed by atoms with E-state index in [9.17, 15) is 22.4 Å². The predicted molar refractivity (Wildman–Crippen MR) is 120 cm³/mol. The molecular formula is C20H13Cl2FN4O4S. The first kappa shape index (κ1) is 22.0. The highest BCUT2D eigenvalue weighted by Gasteiger charge is 2.21. The van der Waals surface area contributed by atoms with Gasteiger partial charge < -0.3 is 9.97 Å². The summed E-state index contributed by atoms with van der Waals surface area (Å²) in [5, 5.41) is -0.197. The number of fused-ring (bicyclic) bond motifs is 1. The van der Waals surface area contributed by atoms with Gasteiger partial charge in [-0.15, -0.1) is 0 Å². The van der Waals surface area contributed by atoms with Crippen LogP contribution in [0.3, 0.4) is 0 Å². The predicted octanol–water partition coefficient (Wildman–Crippen LogP) is 3.83. The van der Waals surface area contributed by atoms with Crippen LogP contribution in [-0.4, -0.2) is 23.4 Å². The molecule has 3 N–H and O–H groups in total. The number of aromatic nitrogens is 3. The number of rotatable bonds is 4. The molecule has 2 aromatic carbocycles. The molecule has 0 bridgehead atoms. The Bertz CT molecular complexity index is 1620. The highest BCUT2D eigenvalue weighted by atomic mass is 35.5. The molecule has 0 radical (unpaired) electrons. The summed E-state index contributed by atoms with van der Waals surface area (Å²) in [6.45, 7) is 1.50. The normalized spacial score (nSPS) is 11.6. The van der Waals surface area contributed by atoms with Crippen molar-refractivity contribution in [3.05, 3.63) is 84.6 Å². The van der Waals surface area contributed by atoms with Crippen LogP contribution in [0, 0.1) is 12.7 Å². The van der Waals surface area contributed by atoms with E-state index in [-0.39, 0.29) is 37.5 Å². The highest BCUT2D eigenvalue weighted by molar-refractivity contribution is 7.92. The molecule has 2 heterocycles. The van der Waals surface area contributed by atoms with Crippen LogP contribution < -0.4 is 15.8 Å². The Labute approximate surface area is 190 Å². The summed E-state index contributed by atoms with van der Waals surface area (Å²) >= 11 is 12.1. The van der Waals surface area contributed by atoms with E-state index in [0.717, 1.165) is 0 Å². The Morgan fingerprint density at radius 3 is 2.38 bits per heavy atom. The van der Waals surface area contributed by atoms with E-state index in [2.05, 4.69) is 19.7 Å². The van der Waals surface area contributed by atoms with Gasteiger partial charge in [0.15, 0.2) is 10.7 Å². The van der Waals surface area contributed by atoms with Crippen molar-refractivity contribution in [2.75, 3.05) is 4.72 Å². The zero-order valence-corrected chi connectivity index (χ0v) is 18.5. The summed E-state index contributed by atoms with van der Waals surface area (Å²) in [4.78, 5) is 31.6. The van der Waals surface area contributed by atoms with Crippen molar-refractivity contribution < 1.29 is 12.8 Å². The average molecular weight is 495 g/mol. The van der Waals surface area contributed by atoms with Crippen molar-refractivity contribution in [1.82, 2.24) is 15.0 Å². The van der Waals surface area contributed by atoms with E-state index in [1.54, 1.807) is 6.07 Å². The largest absolute Gasteiger partial charge is 0.315 e. The Morgan fingerprint density at radius 2 is 1.69 bits per heavy atom. The van der Waals surface area contributed by atoms with E-state index >= 15 is 0 Å². The molecule has 164 valence electrons. The van der Waals surface area contributed by atoms with Crippen molar-refractivity contribution >= 4 is 50.1 Å². The van der Waals surface area contributed by atoms with E-state index in [4.69, 9.17) is 23.2 Å². The Balaban J connectivity index is 1.70. The molecule has 8 nitrogen and oxygen atoms in total. The number of hydrogen-bond donors (Lipinski definition) is 3. The smallest absolute Gasteiger partial charge is 0.315 e. The number of anilines is 1. The first-order chi connectivity index (χ1) is 15.0. The molecule has 0 fully saturated rings. The summed E-state index contributed by atoms with van der Waals surface area (Å²) in [6.07, 6.45) is 0. The number of H-pyrrole nitrogens is 2. The van der Waals surface area contributed by atoms with E-state index in [1.807, 2.05) is 0 Å². The van der Waals surface area contributed by atoms with Gasteiger partial charge >= 0.3 is 11.1 Å². The molecule has 0 saturated carbocycles. The van der Waals surface area contributed by atoms with Crippen LogP contribution in [0.5, 0.6) is 0 Å². The summed E-state index contributed by atoms with van der Waals surface area (Å²) in [7, 11) is -4.17. The first-order valence-corrected chi connectivity index (χ1v) is 11.2. The van der Waals surface area contributed by atoms with Crippen LogP contribution in [0.1, 0.15) is 5.56 Å². The lowest BCUT2D eigenvalue weighted by molar-refractivity contribution is 0.597. The van der Waals surface area contributed by atoms with Gasteiger partial charge in [0.2, 0.25) is 0 Å². The van der Waals surface area contributed by atoms with E-state index < -0.39 is 27.0 Å². The quantitative estimate of drug-likeness (QED) is 0.371. The van der Waals surface area contributed by atoms with Gasteiger partial charge in [-0.2, -0.15) is 8.42 Å². The second-order valence-corrected chi connectivity index (χ2v) is 9.26. The maximum absolute atomic E-state index is 13.4. The third-order valence-corrected chi connectivity index (χ3v) is 6.59. The fraction of sp³-hybridized carbons (Fsp3) is 0.0500. The monoisotopic (exact) mass is 494 g/mol. The molecule has 0 saturated heterocycles. The van der Waals surface area contributed by atoms with Crippen LogP contribution in [0.2, 0.25) is 10.0 Å². The Morgan fingerprint density at radius 1 is 0.969 bits per heavy atom. The number of hydrogen-bond acceptors (Lipinski definition) is 5. The minimum atomic E-state index is -4.17. The Hall–Kier alpha value is -3.21. The maximum Gasteiger partial charge on any atom is 0.315 e. The lowest BCUT2D eigenvalue weighted by atomic mass is 10.1. The van der Waals surface area contributed by atoms with Crippen molar-refractivity contribution in [3.63, 3.8) is 0 Å². The summed E-state index contributed by atoms with van der Waals surface area (Å²) < 4.78 is 41.6. The number of benzene rings is 2. The van der Waals surface area contributed by atoms with Crippen molar-refractivity contribution in [2.24, 2.45) is 0 Å². The number of halogens is 3. The average Bonchev–Trinajstić information content (AvgIpc) is 2.71. The molecule has 0 spiro atoms. The second kappa shape index (κ2) is 8.05. The van der Waals surface area contributed by atoms with Gasteiger partial charge in [0.25, 0.3) is 10.0 Å². The van der Waals surface area contributed by atoms with Gasteiger partial charge in [0.1, 0.15) is 5.82 Å². The number of nitrogens with one attached hydrogen (secondary N) is 3. The van der Waals surface area contributed by atoms with E-state index in [1.165, 1.54) is 43.3 Å². The standard InChI is InChI=1S/C20H13Cl2FN4O4S/c1-9-6-16-17(25-19(29)18(28)24-16)26-20(9)32(30,31)27-11-3-4-12(13(21)8-11)10-2-5-15(23)14(22)7-10/h2-8,27H,1H3,(H,24,28)(H,25,26,29). The van der Waals surface area contributed by atoms with Gasteiger partial charge in [-0.25, -0.2) is 9.37 Å². The second-order valence-electron chi connectivity index (χ2n) is 6.84.